The van der Waals surface area contributed by atoms with E-state index in [0.717, 1.165) is 6.07 Å². The third-order valence-electron chi connectivity index (χ3n) is 2.00. The molecule has 6 heteroatoms. The summed E-state index contributed by atoms with van der Waals surface area (Å²) < 4.78 is 9.57. The van der Waals surface area contributed by atoms with E-state index in [-0.39, 0.29) is 35.8 Å². The van der Waals surface area contributed by atoms with Gasteiger partial charge in [0.15, 0.2) is 0 Å². The number of phenolic OH excluding ortho intramolecular Hbond substituents is 2. The van der Waals surface area contributed by atoms with Gasteiger partial charge >= 0.3 is 11.9 Å². The second kappa shape index (κ2) is 6.44. The summed E-state index contributed by atoms with van der Waals surface area (Å²) in [6, 6.07) is 3.46. The maximum absolute atomic E-state index is 11.4. The van der Waals surface area contributed by atoms with Crippen LogP contribution in [0.25, 0.3) is 0 Å². The number of esters is 2. The quantitative estimate of drug-likeness (QED) is 0.476. The highest BCUT2D eigenvalue weighted by atomic mass is 16.5. The highest BCUT2D eigenvalue weighted by molar-refractivity contribution is 5.87. The average Bonchev–Trinajstić information content (AvgIpc) is 2.26. The van der Waals surface area contributed by atoms with Crippen LogP contribution in [0.15, 0.2) is 30.4 Å². The molecule has 0 aliphatic carbocycles. The summed E-state index contributed by atoms with van der Waals surface area (Å²) in [4.78, 5) is 22.4. The smallest absolute Gasteiger partial charge is 0.333 e. The minimum atomic E-state index is -0.653. The molecule has 0 saturated carbocycles. The van der Waals surface area contributed by atoms with E-state index >= 15 is 0 Å². The van der Waals surface area contributed by atoms with Crippen molar-refractivity contribution < 1.29 is 29.3 Å². The normalized spacial score (nSPS) is 9.74. The molecular formula is C13H14O6. The van der Waals surface area contributed by atoms with Crippen molar-refractivity contribution in [2.75, 3.05) is 6.61 Å². The molecule has 6 nitrogen and oxygen atoms in total. The summed E-state index contributed by atoms with van der Waals surface area (Å²) >= 11 is 0. The SMILES string of the molecule is C=C(C)C(=O)OCCC(=O)Oc1cc(O)cc(O)c1. The Morgan fingerprint density at radius 3 is 2.32 bits per heavy atom. The predicted octanol–water partition coefficient (Wildman–Crippen LogP) is 1.51. The topological polar surface area (TPSA) is 93.1 Å². The molecule has 1 aromatic carbocycles. The average molecular weight is 266 g/mol. The molecule has 1 aromatic rings. The Hall–Kier alpha value is -2.50. The standard InChI is InChI=1S/C13H14O6/c1-8(2)13(17)18-4-3-12(16)19-11-6-9(14)5-10(15)7-11/h5-7,14-15H,1,3-4H2,2H3. The predicted molar refractivity (Wildman–Crippen MR) is 65.8 cm³/mol. The zero-order chi connectivity index (χ0) is 14.4. The Labute approximate surface area is 109 Å². The highest BCUT2D eigenvalue weighted by Gasteiger charge is 2.09. The first-order chi connectivity index (χ1) is 8.88. The van der Waals surface area contributed by atoms with Crippen molar-refractivity contribution >= 4 is 11.9 Å². The van der Waals surface area contributed by atoms with E-state index in [9.17, 15) is 19.8 Å². The van der Waals surface area contributed by atoms with Crippen molar-refractivity contribution in [2.45, 2.75) is 13.3 Å². The highest BCUT2D eigenvalue weighted by Crippen LogP contribution is 2.25. The van der Waals surface area contributed by atoms with Crippen molar-refractivity contribution in [3.05, 3.63) is 30.4 Å². The lowest BCUT2D eigenvalue weighted by molar-refractivity contribution is -0.142. The van der Waals surface area contributed by atoms with Gasteiger partial charge in [0.1, 0.15) is 23.9 Å². The lowest BCUT2D eigenvalue weighted by atomic mass is 10.3. The van der Waals surface area contributed by atoms with Gasteiger partial charge in [-0.1, -0.05) is 6.58 Å². The third kappa shape index (κ3) is 5.12. The molecule has 0 radical (unpaired) electrons. The molecule has 0 amide bonds. The molecule has 1 rings (SSSR count). The van der Waals surface area contributed by atoms with Crippen LogP contribution in [0.4, 0.5) is 0 Å². The van der Waals surface area contributed by atoms with E-state index in [1.54, 1.807) is 0 Å². The zero-order valence-electron chi connectivity index (χ0n) is 10.4. The van der Waals surface area contributed by atoms with Crippen LogP contribution >= 0.6 is 0 Å². The minimum Gasteiger partial charge on any atom is -0.508 e. The van der Waals surface area contributed by atoms with Crippen LogP contribution in [-0.4, -0.2) is 28.8 Å². The summed E-state index contributed by atoms with van der Waals surface area (Å²) in [6.07, 6.45) is -0.143. The monoisotopic (exact) mass is 266 g/mol. The Balaban J connectivity index is 2.43. The van der Waals surface area contributed by atoms with E-state index in [0.29, 0.717) is 0 Å². The number of rotatable bonds is 5. The molecule has 0 fully saturated rings. The summed E-state index contributed by atoms with van der Waals surface area (Å²) in [7, 11) is 0. The fourth-order valence-electron chi connectivity index (χ4n) is 1.16. The second-order valence-electron chi connectivity index (χ2n) is 3.83. The molecule has 0 atom stereocenters. The summed E-state index contributed by atoms with van der Waals surface area (Å²) in [5.41, 5.74) is 0.242. The number of aromatic hydroxyl groups is 2. The van der Waals surface area contributed by atoms with Crippen LogP contribution < -0.4 is 4.74 Å². The fourth-order valence-corrected chi connectivity index (χ4v) is 1.16. The molecule has 0 bridgehead atoms. The van der Waals surface area contributed by atoms with Crippen LogP contribution in [-0.2, 0) is 14.3 Å². The third-order valence-corrected chi connectivity index (χ3v) is 2.00. The molecule has 2 N–H and O–H groups in total. The van der Waals surface area contributed by atoms with Gasteiger partial charge in [0.05, 0.1) is 6.42 Å². The summed E-state index contributed by atoms with van der Waals surface area (Å²) in [5.74, 6) is -1.68. The van der Waals surface area contributed by atoms with E-state index < -0.39 is 11.9 Å². The summed E-state index contributed by atoms with van der Waals surface area (Å²) in [5, 5.41) is 18.4. The lowest BCUT2D eigenvalue weighted by Crippen LogP contribution is -2.14. The minimum absolute atomic E-state index is 0.00808. The van der Waals surface area contributed by atoms with Crippen LogP contribution in [0.1, 0.15) is 13.3 Å². The molecule has 0 unspecified atom stereocenters. The van der Waals surface area contributed by atoms with E-state index in [1.165, 1.54) is 19.1 Å². The molecule has 0 aromatic heterocycles. The summed E-state index contributed by atoms with van der Waals surface area (Å²) in [6.45, 7) is 4.76. The number of phenols is 2. The largest absolute Gasteiger partial charge is 0.508 e. The maximum atomic E-state index is 11.4. The lowest BCUT2D eigenvalue weighted by Gasteiger charge is -2.06. The van der Waals surface area contributed by atoms with Gasteiger partial charge in [-0.15, -0.1) is 0 Å². The number of carbonyl (C=O) groups excluding carboxylic acids is 2. The van der Waals surface area contributed by atoms with Gasteiger partial charge in [0, 0.05) is 23.8 Å². The van der Waals surface area contributed by atoms with Gasteiger partial charge in [-0.2, -0.15) is 0 Å². The van der Waals surface area contributed by atoms with E-state index in [4.69, 9.17) is 9.47 Å². The first-order valence-electron chi connectivity index (χ1n) is 5.45. The molecule has 0 heterocycles. The fraction of sp³-hybridized carbons (Fsp3) is 0.231. The number of hydrogen-bond acceptors (Lipinski definition) is 6. The van der Waals surface area contributed by atoms with Gasteiger partial charge in [0.2, 0.25) is 0 Å². The molecule has 102 valence electrons. The van der Waals surface area contributed by atoms with Gasteiger partial charge in [-0.25, -0.2) is 4.79 Å². The van der Waals surface area contributed by atoms with Crippen molar-refractivity contribution in [2.24, 2.45) is 0 Å². The molecular weight excluding hydrogens is 252 g/mol. The maximum Gasteiger partial charge on any atom is 0.333 e. The van der Waals surface area contributed by atoms with Crippen molar-refractivity contribution in [1.82, 2.24) is 0 Å². The van der Waals surface area contributed by atoms with E-state index in [2.05, 4.69) is 6.58 Å². The second-order valence-corrected chi connectivity index (χ2v) is 3.83. The van der Waals surface area contributed by atoms with Gasteiger partial charge < -0.3 is 19.7 Å². The zero-order valence-corrected chi connectivity index (χ0v) is 10.4. The van der Waals surface area contributed by atoms with Gasteiger partial charge in [0.25, 0.3) is 0 Å². The van der Waals surface area contributed by atoms with Gasteiger partial charge in [-0.05, 0) is 6.92 Å². The van der Waals surface area contributed by atoms with Crippen LogP contribution in [0.3, 0.4) is 0 Å². The first kappa shape index (κ1) is 14.6. The van der Waals surface area contributed by atoms with Crippen LogP contribution in [0.5, 0.6) is 17.2 Å². The molecule has 19 heavy (non-hydrogen) atoms. The Bertz CT molecular complexity index is 486. The van der Waals surface area contributed by atoms with E-state index in [1.807, 2.05) is 0 Å². The Morgan fingerprint density at radius 2 is 1.79 bits per heavy atom. The van der Waals surface area contributed by atoms with Crippen molar-refractivity contribution in [1.29, 1.82) is 0 Å². The van der Waals surface area contributed by atoms with Crippen molar-refractivity contribution in [3.8, 4) is 17.2 Å². The van der Waals surface area contributed by atoms with Gasteiger partial charge in [-0.3, -0.25) is 4.79 Å². The Morgan fingerprint density at radius 1 is 1.21 bits per heavy atom. The van der Waals surface area contributed by atoms with Crippen LogP contribution in [0.2, 0.25) is 0 Å². The molecule has 0 spiro atoms. The molecule has 0 aliphatic heterocycles. The number of carbonyl (C=O) groups is 2. The number of ether oxygens (including phenoxy) is 2. The van der Waals surface area contributed by atoms with Crippen molar-refractivity contribution in [3.63, 3.8) is 0 Å². The number of hydrogen-bond donors (Lipinski definition) is 2. The van der Waals surface area contributed by atoms with Crippen LogP contribution in [0, 0.1) is 0 Å². The first-order valence-corrected chi connectivity index (χ1v) is 5.45. The number of benzene rings is 1. The molecule has 0 aliphatic rings. The molecule has 0 saturated heterocycles. The Kier molecular flexibility index (Phi) is 4.93.